The van der Waals surface area contributed by atoms with Crippen LogP contribution in [0.1, 0.15) is 41.1 Å². The van der Waals surface area contributed by atoms with E-state index in [0.29, 0.717) is 18.8 Å². The third-order valence-corrected chi connectivity index (χ3v) is 3.36. The minimum absolute atomic E-state index is 0.0730. The molecule has 1 amide bonds. The van der Waals surface area contributed by atoms with Crippen molar-refractivity contribution in [1.82, 2.24) is 9.88 Å². The van der Waals surface area contributed by atoms with Gasteiger partial charge >= 0.3 is 12.1 Å². The summed E-state index contributed by atoms with van der Waals surface area (Å²) in [5.41, 5.74) is 0.121. The summed E-state index contributed by atoms with van der Waals surface area (Å²) in [4.78, 5) is 28.9. The van der Waals surface area contributed by atoms with Gasteiger partial charge < -0.3 is 9.84 Å². The van der Waals surface area contributed by atoms with Gasteiger partial charge in [-0.05, 0) is 20.8 Å². The molecule has 0 aromatic carbocycles. The SMILES string of the molecule is CC(C)(C)OC(=O)N1Cc2nc(C(=O)O)sc2C1. The van der Waals surface area contributed by atoms with Crippen molar-refractivity contribution in [2.75, 3.05) is 0 Å². The molecule has 0 radical (unpaired) electrons. The van der Waals surface area contributed by atoms with Crippen molar-refractivity contribution in [2.24, 2.45) is 0 Å². The number of amides is 1. The Labute approximate surface area is 108 Å². The van der Waals surface area contributed by atoms with Crippen molar-refractivity contribution in [3.05, 3.63) is 15.6 Å². The molecule has 0 atom stereocenters. The molecule has 1 N–H and O–H groups in total. The highest BCUT2D eigenvalue weighted by Gasteiger charge is 2.31. The number of carboxylic acids is 1. The molecule has 1 aliphatic rings. The number of hydrogen-bond donors (Lipinski definition) is 1. The van der Waals surface area contributed by atoms with Gasteiger partial charge in [-0.15, -0.1) is 11.3 Å². The first-order chi connectivity index (χ1) is 8.26. The highest BCUT2D eigenvalue weighted by Crippen LogP contribution is 2.29. The number of carboxylic acid groups (broad SMARTS) is 1. The zero-order chi connectivity index (χ0) is 13.5. The zero-order valence-electron chi connectivity index (χ0n) is 10.4. The van der Waals surface area contributed by atoms with Gasteiger partial charge in [-0.25, -0.2) is 14.6 Å². The molecule has 6 nitrogen and oxygen atoms in total. The zero-order valence-corrected chi connectivity index (χ0v) is 11.2. The Morgan fingerprint density at radius 1 is 1.39 bits per heavy atom. The van der Waals surface area contributed by atoms with E-state index in [1.807, 2.05) is 0 Å². The van der Waals surface area contributed by atoms with Crippen LogP contribution in [0.15, 0.2) is 0 Å². The van der Waals surface area contributed by atoms with Gasteiger partial charge in [-0.2, -0.15) is 0 Å². The van der Waals surface area contributed by atoms with Crippen LogP contribution >= 0.6 is 11.3 Å². The Bertz CT molecular complexity index is 480. The number of ether oxygens (including phenoxy) is 1. The summed E-state index contributed by atoms with van der Waals surface area (Å²) in [7, 11) is 0. The lowest BCUT2D eigenvalue weighted by Gasteiger charge is -2.24. The standard InChI is InChI=1S/C11H14N2O4S/c1-11(2,3)17-10(16)13-4-6-7(5-13)18-8(12-6)9(14)15/h4-5H2,1-3H3,(H,14,15). The van der Waals surface area contributed by atoms with Crippen molar-refractivity contribution in [2.45, 2.75) is 39.5 Å². The maximum atomic E-state index is 11.8. The fourth-order valence-corrected chi connectivity index (χ4v) is 2.51. The number of thiazole rings is 1. The normalized spacial score (nSPS) is 14.5. The van der Waals surface area contributed by atoms with E-state index in [2.05, 4.69) is 4.98 Å². The largest absolute Gasteiger partial charge is 0.476 e. The van der Waals surface area contributed by atoms with E-state index in [9.17, 15) is 9.59 Å². The summed E-state index contributed by atoms with van der Waals surface area (Å²) >= 11 is 1.11. The summed E-state index contributed by atoms with van der Waals surface area (Å²) < 4.78 is 5.25. The monoisotopic (exact) mass is 270 g/mol. The molecular formula is C11H14N2O4S. The number of nitrogens with zero attached hydrogens (tertiary/aromatic N) is 2. The number of fused-ring (bicyclic) bond motifs is 1. The van der Waals surface area contributed by atoms with Crippen LogP contribution in [0.4, 0.5) is 4.79 Å². The van der Waals surface area contributed by atoms with E-state index in [4.69, 9.17) is 9.84 Å². The fraction of sp³-hybridized carbons (Fsp3) is 0.545. The molecule has 0 saturated heterocycles. The maximum Gasteiger partial charge on any atom is 0.410 e. The van der Waals surface area contributed by atoms with E-state index in [-0.39, 0.29) is 5.01 Å². The third-order valence-electron chi connectivity index (χ3n) is 2.29. The Hall–Kier alpha value is -1.63. The molecule has 1 aromatic heterocycles. The van der Waals surface area contributed by atoms with Crippen molar-refractivity contribution >= 4 is 23.4 Å². The summed E-state index contributed by atoms with van der Waals surface area (Å²) in [5, 5.41) is 8.89. The van der Waals surface area contributed by atoms with Gasteiger partial charge in [0.05, 0.1) is 18.8 Å². The Morgan fingerprint density at radius 2 is 2.06 bits per heavy atom. The van der Waals surface area contributed by atoms with E-state index in [1.54, 1.807) is 20.8 Å². The first kappa shape index (κ1) is 12.8. The second-order valence-corrected chi connectivity index (χ2v) is 6.11. The molecule has 98 valence electrons. The second kappa shape index (κ2) is 4.24. The molecule has 0 saturated carbocycles. The van der Waals surface area contributed by atoms with Crippen molar-refractivity contribution in [3.8, 4) is 0 Å². The predicted octanol–water partition coefficient (Wildman–Crippen LogP) is 2.09. The molecule has 2 heterocycles. The van der Waals surface area contributed by atoms with Gasteiger partial charge in [0.25, 0.3) is 0 Å². The Kier molecular flexibility index (Phi) is 3.02. The molecule has 0 fully saturated rings. The Morgan fingerprint density at radius 3 is 2.56 bits per heavy atom. The number of hydrogen-bond acceptors (Lipinski definition) is 5. The molecule has 1 aromatic rings. The van der Waals surface area contributed by atoms with E-state index in [1.165, 1.54) is 4.90 Å². The quantitative estimate of drug-likeness (QED) is 0.845. The molecule has 2 rings (SSSR count). The van der Waals surface area contributed by atoms with Gasteiger partial charge in [0, 0.05) is 4.88 Å². The number of rotatable bonds is 1. The lowest BCUT2D eigenvalue weighted by molar-refractivity contribution is 0.0241. The van der Waals surface area contributed by atoms with Crippen LogP contribution in [0.2, 0.25) is 0 Å². The van der Waals surface area contributed by atoms with Gasteiger partial charge in [-0.3, -0.25) is 4.90 Å². The molecule has 0 spiro atoms. The van der Waals surface area contributed by atoms with Crippen LogP contribution < -0.4 is 0 Å². The number of carbonyl (C=O) groups is 2. The first-order valence-electron chi connectivity index (χ1n) is 5.46. The van der Waals surface area contributed by atoms with Crippen LogP contribution in [0.3, 0.4) is 0 Å². The average molecular weight is 270 g/mol. The number of aromatic nitrogens is 1. The van der Waals surface area contributed by atoms with Gasteiger partial charge in [0.15, 0.2) is 0 Å². The molecule has 18 heavy (non-hydrogen) atoms. The number of carbonyl (C=O) groups excluding carboxylic acids is 1. The van der Waals surface area contributed by atoms with Crippen LogP contribution in [-0.2, 0) is 17.8 Å². The smallest absolute Gasteiger partial charge is 0.410 e. The van der Waals surface area contributed by atoms with Gasteiger partial charge in [-0.1, -0.05) is 0 Å². The van der Waals surface area contributed by atoms with Crippen LogP contribution in [0.25, 0.3) is 0 Å². The van der Waals surface area contributed by atoms with Crippen LogP contribution in [0.5, 0.6) is 0 Å². The summed E-state index contributed by atoms with van der Waals surface area (Å²) in [6, 6.07) is 0. The van der Waals surface area contributed by atoms with Crippen molar-refractivity contribution < 1.29 is 19.4 Å². The third kappa shape index (κ3) is 2.61. The number of aromatic carboxylic acids is 1. The van der Waals surface area contributed by atoms with E-state index in [0.717, 1.165) is 16.2 Å². The minimum Gasteiger partial charge on any atom is -0.476 e. The molecule has 0 aliphatic carbocycles. The average Bonchev–Trinajstić information content (AvgIpc) is 2.69. The van der Waals surface area contributed by atoms with E-state index < -0.39 is 17.7 Å². The summed E-state index contributed by atoms with van der Waals surface area (Å²) in [6.45, 7) is 6.09. The van der Waals surface area contributed by atoms with Gasteiger partial charge in [0.2, 0.25) is 5.01 Å². The summed E-state index contributed by atoms with van der Waals surface area (Å²) in [5.74, 6) is -1.03. The lowest BCUT2D eigenvalue weighted by atomic mass is 10.2. The van der Waals surface area contributed by atoms with E-state index >= 15 is 0 Å². The highest BCUT2D eigenvalue weighted by atomic mass is 32.1. The predicted molar refractivity (Wildman–Crippen MR) is 64.6 cm³/mol. The Balaban J connectivity index is 2.04. The minimum atomic E-state index is -1.03. The maximum absolute atomic E-state index is 11.8. The van der Waals surface area contributed by atoms with Crippen LogP contribution in [-0.4, -0.2) is 32.7 Å². The van der Waals surface area contributed by atoms with Crippen LogP contribution in [0, 0.1) is 0 Å². The summed E-state index contributed by atoms with van der Waals surface area (Å²) in [6.07, 6.45) is -0.399. The van der Waals surface area contributed by atoms with Crippen molar-refractivity contribution in [1.29, 1.82) is 0 Å². The molecular weight excluding hydrogens is 256 g/mol. The first-order valence-corrected chi connectivity index (χ1v) is 6.28. The molecule has 0 bridgehead atoms. The van der Waals surface area contributed by atoms with Gasteiger partial charge in [0.1, 0.15) is 5.60 Å². The highest BCUT2D eigenvalue weighted by molar-refractivity contribution is 7.13. The second-order valence-electron chi connectivity index (χ2n) is 5.03. The molecule has 0 unspecified atom stereocenters. The lowest BCUT2D eigenvalue weighted by Crippen LogP contribution is -2.33. The topological polar surface area (TPSA) is 79.7 Å². The molecule has 7 heteroatoms. The van der Waals surface area contributed by atoms with Crippen molar-refractivity contribution in [3.63, 3.8) is 0 Å². The fourth-order valence-electron chi connectivity index (χ4n) is 1.59. The molecule has 1 aliphatic heterocycles.